The van der Waals surface area contributed by atoms with Gasteiger partial charge in [0.15, 0.2) is 0 Å². The quantitative estimate of drug-likeness (QED) is 0.517. The summed E-state index contributed by atoms with van der Waals surface area (Å²) in [6.07, 6.45) is 0. The molecule has 0 heterocycles. The smallest absolute Gasteiger partial charge is 0.233 e. The van der Waals surface area contributed by atoms with Crippen LogP contribution in [0.5, 0.6) is 0 Å². The minimum atomic E-state index is -4.93. The van der Waals surface area contributed by atoms with E-state index in [9.17, 15) is 26.3 Å². The molecule has 1 aliphatic carbocycles. The number of rotatable bonds is 0. The third-order valence-corrected chi connectivity index (χ3v) is 2.46. The van der Waals surface area contributed by atoms with Crippen molar-refractivity contribution >= 4 is 0 Å². The first-order valence-electron chi connectivity index (χ1n) is 3.13. The van der Waals surface area contributed by atoms with Gasteiger partial charge in [0.05, 0.1) is 0 Å². The Balaban J connectivity index is 3.16. The molecule has 0 aromatic carbocycles. The Kier molecular flexibility index (Phi) is 1.41. The van der Waals surface area contributed by atoms with E-state index >= 15 is 0 Å². The SMILES string of the molecule is CC1(F)C(C)(F)C(F)(F)C1(F)F. The lowest BCUT2D eigenvalue weighted by Crippen LogP contribution is -2.83. The average molecular weight is 192 g/mol. The monoisotopic (exact) mass is 192 g/mol. The fourth-order valence-electron chi connectivity index (χ4n) is 1.12. The summed E-state index contributed by atoms with van der Waals surface area (Å²) in [4.78, 5) is 0. The zero-order chi connectivity index (χ0) is 10.0. The van der Waals surface area contributed by atoms with Gasteiger partial charge in [-0.15, -0.1) is 0 Å². The minimum absolute atomic E-state index is 0.129. The summed E-state index contributed by atoms with van der Waals surface area (Å²) in [6, 6.07) is 0. The van der Waals surface area contributed by atoms with Crippen LogP contribution in [0, 0.1) is 0 Å². The highest BCUT2D eigenvalue weighted by molar-refractivity contribution is 5.28. The molecule has 2 atom stereocenters. The van der Waals surface area contributed by atoms with E-state index in [-0.39, 0.29) is 13.8 Å². The third kappa shape index (κ3) is 0.557. The molecule has 72 valence electrons. The Morgan fingerprint density at radius 2 is 0.750 bits per heavy atom. The number of hydrogen-bond donors (Lipinski definition) is 0. The normalized spacial score (nSPS) is 50.0. The van der Waals surface area contributed by atoms with Crippen LogP contribution in [0.4, 0.5) is 26.3 Å². The van der Waals surface area contributed by atoms with E-state index in [1.54, 1.807) is 0 Å². The van der Waals surface area contributed by atoms with E-state index in [4.69, 9.17) is 0 Å². The summed E-state index contributed by atoms with van der Waals surface area (Å²) in [5, 5.41) is 0. The Hall–Kier alpha value is -0.420. The molecule has 1 fully saturated rings. The van der Waals surface area contributed by atoms with Gasteiger partial charge in [-0.1, -0.05) is 0 Å². The van der Waals surface area contributed by atoms with E-state index in [1.165, 1.54) is 0 Å². The molecule has 1 aliphatic rings. The second kappa shape index (κ2) is 1.75. The Bertz CT molecular complexity index is 152. The van der Waals surface area contributed by atoms with E-state index in [0.717, 1.165) is 0 Å². The largest absolute Gasteiger partial charge is 0.349 e. The van der Waals surface area contributed by atoms with Crippen molar-refractivity contribution in [2.75, 3.05) is 0 Å². The molecule has 1 rings (SSSR count). The zero-order valence-electron chi connectivity index (χ0n) is 6.27. The van der Waals surface area contributed by atoms with Crippen molar-refractivity contribution in [3.05, 3.63) is 0 Å². The molecule has 0 nitrogen and oxygen atoms in total. The molecular weight excluding hydrogens is 186 g/mol. The maximum Gasteiger partial charge on any atom is 0.349 e. The molecule has 0 aliphatic heterocycles. The van der Waals surface area contributed by atoms with Crippen LogP contribution in [0.25, 0.3) is 0 Å². The topological polar surface area (TPSA) is 0 Å². The highest BCUT2D eigenvalue weighted by Gasteiger charge is 2.94. The second-order valence-corrected chi connectivity index (χ2v) is 3.15. The van der Waals surface area contributed by atoms with Crippen LogP contribution in [0.15, 0.2) is 0 Å². The van der Waals surface area contributed by atoms with Crippen LogP contribution >= 0.6 is 0 Å². The molecule has 0 aromatic heterocycles. The van der Waals surface area contributed by atoms with Gasteiger partial charge in [0, 0.05) is 0 Å². The molecule has 12 heavy (non-hydrogen) atoms. The first kappa shape index (κ1) is 9.67. The predicted octanol–water partition coefficient (Wildman–Crippen LogP) is 2.73. The van der Waals surface area contributed by atoms with Crippen molar-refractivity contribution in [2.24, 2.45) is 0 Å². The van der Waals surface area contributed by atoms with Crippen LogP contribution in [0.3, 0.4) is 0 Å². The summed E-state index contributed by atoms with van der Waals surface area (Å²) in [6.45, 7) is 0.259. The van der Waals surface area contributed by atoms with Crippen molar-refractivity contribution in [3.8, 4) is 0 Å². The van der Waals surface area contributed by atoms with Crippen LogP contribution in [-0.4, -0.2) is 23.2 Å². The first-order chi connectivity index (χ1) is 5.00. The zero-order valence-corrected chi connectivity index (χ0v) is 6.27. The molecule has 0 N–H and O–H groups in total. The lowest BCUT2D eigenvalue weighted by atomic mass is 9.63. The first-order valence-corrected chi connectivity index (χ1v) is 3.13. The summed E-state index contributed by atoms with van der Waals surface area (Å²) in [7, 11) is 0. The van der Waals surface area contributed by atoms with Gasteiger partial charge in [-0.25, -0.2) is 8.78 Å². The molecule has 0 saturated heterocycles. The van der Waals surface area contributed by atoms with Crippen molar-refractivity contribution in [1.29, 1.82) is 0 Å². The highest BCUT2D eigenvalue weighted by atomic mass is 19.3. The maximum atomic E-state index is 12.7. The highest BCUT2D eigenvalue weighted by Crippen LogP contribution is 2.67. The van der Waals surface area contributed by atoms with Gasteiger partial charge in [0.1, 0.15) is 0 Å². The van der Waals surface area contributed by atoms with Crippen molar-refractivity contribution < 1.29 is 26.3 Å². The summed E-state index contributed by atoms with van der Waals surface area (Å²) < 4.78 is 74.2. The molecule has 0 aromatic rings. The minimum Gasteiger partial charge on any atom is -0.233 e. The standard InChI is InChI=1S/C6H6F6/c1-3(7)4(2,8)6(11,12)5(3,9)10/h1-2H3. The summed E-state index contributed by atoms with van der Waals surface area (Å²) >= 11 is 0. The lowest BCUT2D eigenvalue weighted by Gasteiger charge is -2.55. The van der Waals surface area contributed by atoms with Crippen molar-refractivity contribution in [2.45, 2.75) is 37.0 Å². The Morgan fingerprint density at radius 1 is 0.583 bits per heavy atom. The molecule has 6 heteroatoms. The fraction of sp³-hybridized carbons (Fsp3) is 1.00. The molecular formula is C6H6F6. The third-order valence-electron chi connectivity index (χ3n) is 2.46. The fourth-order valence-corrected chi connectivity index (χ4v) is 1.12. The number of hydrogen-bond acceptors (Lipinski definition) is 0. The van der Waals surface area contributed by atoms with E-state index in [2.05, 4.69) is 0 Å². The van der Waals surface area contributed by atoms with Gasteiger partial charge in [-0.3, -0.25) is 0 Å². The van der Waals surface area contributed by atoms with Crippen LogP contribution in [-0.2, 0) is 0 Å². The maximum absolute atomic E-state index is 12.7. The molecule has 0 spiro atoms. The number of halogens is 6. The van der Waals surface area contributed by atoms with Crippen LogP contribution in [0.1, 0.15) is 13.8 Å². The van der Waals surface area contributed by atoms with Crippen molar-refractivity contribution in [1.82, 2.24) is 0 Å². The van der Waals surface area contributed by atoms with Gasteiger partial charge >= 0.3 is 11.8 Å². The molecule has 0 bridgehead atoms. The Labute approximate surface area is 64.6 Å². The van der Waals surface area contributed by atoms with Gasteiger partial charge in [-0.05, 0) is 13.8 Å². The van der Waals surface area contributed by atoms with E-state index < -0.39 is 23.2 Å². The van der Waals surface area contributed by atoms with Gasteiger partial charge < -0.3 is 0 Å². The predicted molar refractivity (Wildman–Crippen MR) is 28.9 cm³/mol. The van der Waals surface area contributed by atoms with E-state index in [1.807, 2.05) is 0 Å². The number of alkyl halides is 6. The van der Waals surface area contributed by atoms with Crippen LogP contribution in [0.2, 0.25) is 0 Å². The van der Waals surface area contributed by atoms with Crippen molar-refractivity contribution in [3.63, 3.8) is 0 Å². The van der Waals surface area contributed by atoms with Gasteiger partial charge in [0.25, 0.3) is 0 Å². The second-order valence-electron chi connectivity index (χ2n) is 3.15. The van der Waals surface area contributed by atoms with Crippen LogP contribution < -0.4 is 0 Å². The average Bonchev–Trinajstić information content (AvgIpc) is 1.84. The summed E-state index contributed by atoms with van der Waals surface area (Å²) in [5.74, 6) is -9.85. The summed E-state index contributed by atoms with van der Waals surface area (Å²) in [5.41, 5.74) is -7.60. The molecule has 1 saturated carbocycles. The van der Waals surface area contributed by atoms with Gasteiger partial charge in [-0.2, -0.15) is 17.6 Å². The lowest BCUT2D eigenvalue weighted by molar-refractivity contribution is -0.427. The van der Waals surface area contributed by atoms with Gasteiger partial charge in [0.2, 0.25) is 11.3 Å². The molecule has 2 unspecified atom stereocenters. The molecule has 0 radical (unpaired) electrons. The Morgan fingerprint density at radius 3 is 0.833 bits per heavy atom. The molecule has 0 amide bonds. The van der Waals surface area contributed by atoms with E-state index in [0.29, 0.717) is 0 Å².